The molecule has 2 N–H and O–H groups in total. The summed E-state index contributed by atoms with van der Waals surface area (Å²) in [6.07, 6.45) is 5.20. The Balaban J connectivity index is 1.31. The van der Waals surface area contributed by atoms with Crippen LogP contribution in [0, 0.1) is 6.92 Å². The summed E-state index contributed by atoms with van der Waals surface area (Å²) in [4.78, 5) is 9.25. The minimum Gasteiger partial charge on any atom is -0.278 e. The minimum absolute atomic E-state index is 0.635. The normalized spacial score (nSPS) is 13.9. The van der Waals surface area contributed by atoms with E-state index in [1.807, 2.05) is 49.1 Å². The highest BCUT2D eigenvalue weighted by atomic mass is 15.3. The van der Waals surface area contributed by atoms with E-state index in [-0.39, 0.29) is 0 Å². The molecule has 0 aliphatic heterocycles. The number of aromatic amines is 2. The second-order valence-corrected chi connectivity index (χ2v) is 8.22. The third-order valence-corrected chi connectivity index (χ3v) is 5.94. The van der Waals surface area contributed by atoms with E-state index in [1.165, 1.54) is 29.4 Å². The lowest BCUT2D eigenvalue weighted by Gasteiger charge is -2.09. The van der Waals surface area contributed by atoms with Crippen LogP contribution in [-0.2, 0) is 13.5 Å². The van der Waals surface area contributed by atoms with Crippen LogP contribution in [0.25, 0.3) is 33.7 Å². The minimum atomic E-state index is 0.635. The zero-order valence-corrected chi connectivity index (χ0v) is 17.4. The Labute approximate surface area is 178 Å². The smallest absolute Gasteiger partial charge is 0.181 e. The van der Waals surface area contributed by atoms with Crippen LogP contribution in [0.4, 0.5) is 0 Å². The fourth-order valence-electron chi connectivity index (χ4n) is 4.20. The number of hydrogen-bond donors (Lipinski definition) is 2. The first-order valence-electron chi connectivity index (χ1n) is 10.5. The van der Waals surface area contributed by atoms with Crippen LogP contribution < -0.4 is 0 Å². The van der Waals surface area contributed by atoms with Crippen molar-refractivity contribution in [2.75, 3.05) is 0 Å². The van der Waals surface area contributed by atoms with Gasteiger partial charge in [-0.3, -0.25) is 14.9 Å². The van der Waals surface area contributed by atoms with Gasteiger partial charge in [-0.25, -0.2) is 9.97 Å². The van der Waals surface area contributed by atoms with Crippen molar-refractivity contribution >= 4 is 10.9 Å². The fraction of sp³-hybridized carbons (Fsp3) is 0.261. The first-order valence-corrected chi connectivity index (χ1v) is 10.5. The monoisotopic (exact) mass is 410 g/mol. The van der Waals surface area contributed by atoms with Gasteiger partial charge in [-0.15, -0.1) is 0 Å². The molecule has 1 saturated carbocycles. The van der Waals surface area contributed by atoms with Crippen molar-refractivity contribution in [3.63, 3.8) is 0 Å². The molecule has 0 radical (unpaired) electrons. The summed E-state index contributed by atoms with van der Waals surface area (Å²) < 4.78 is 1.89. The molecule has 0 atom stereocenters. The summed E-state index contributed by atoms with van der Waals surface area (Å²) in [5, 5.41) is 20.3. The quantitative estimate of drug-likeness (QED) is 0.457. The van der Waals surface area contributed by atoms with Gasteiger partial charge in [0.1, 0.15) is 11.6 Å². The topological polar surface area (TPSA) is 101 Å². The van der Waals surface area contributed by atoms with Gasteiger partial charge in [0.05, 0.1) is 11.7 Å². The van der Waals surface area contributed by atoms with E-state index in [0.29, 0.717) is 11.7 Å². The van der Waals surface area contributed by atoms with E-state index >= 15 is 0 Å². The number of aryl methyl sites for hydroxylation is 2. The summed E-state index contributed by atoms with van der Waals surface area (Å²) in [7, 11) is 1.96. The molecule has 1 fully saturated rings. The van der Waals surface area contributed by atoms with Gasteiger partial charge in [-0.1, -0.05) is 30.3 Å². The van der Waals surface area contributed by atoms with Gasteiger partial charge in [0.15, 0.2) is 11.6 Å². The molecule has 2 aromatic carbocycles. The van der Waals surface area contributed by atoms with Crippen LogP contribution in [0.15, 0.2) is 42.6 Å². The molecule has 3 heterocycles. The summed E-state index contributed by atoms with van der Waals surface area (Å²) in [6.45, 7) is 1.89. The zero-order valence-electron chi connectivity index (χ0n) is 17.4. The lowest BCUT2D eigenvalue weighted by Crippen LogP contribution is -2.03. The van der Waals surface area contributed by atoms with E-state index in [0.717, 1.165) is 40.5 Å². The third-order valence-electron chi connectivity index (χ3n) is 5.94. The summed E-state index contributed by atoms with van der Waals surface area (Å²) in [6, 6.07) is 12.4. The highest BCUT2D eigenvalue weighted by molar-refractivity contribution is 5.84. The van der Waals surface area contributed by atoms with Gasteiger partial charge < -0.3 is 0 Å². The van der Waals surface area contributed by atoms with E-state index in [9.17, 15) is 0 Å². The average molecular weight is 410 g/mol. The lowest BCUT2D eigenvalue weighted by atomic mass is 9.97. The SMILES string of the molecule is Cc1nc(-c2ccc(-c3nc(Cc4ccc5[nH]ncc5c4C4CC4)n(C)n3)cc2)n[nH]1. The Morgan fingerprint density at radius 1 is 0.968 bits per heavy atom. The Morgan fingerprint density at radius 3 is 2.45 bits per heavy atom. The molecule has 0 spiro atoms. The second kappa shape index (κ2) is 6.87. The van der Waals surface area contributed by atoms with Crippen molar-refractivity contribution in [1.82, 2.24) is 40.1 Å². The van der Waals surface area contributed by atoms with Crippen molar-refractivity contribution < 1.29 is 0 Å². The Morgan fingerprint density at radius 2 is 1.74 bits per heavy atom. The number of benzene rings is 2. The lowest BCUT2D eigenvalue weighted by molar-refractivity contribution is 0.716. The van der Waals surface area contributed by atoms with Crippen LogP contribution >= 0.6 is 0 Å². The number of nitrogens with one attached hydrogen (secondary N) is 2. The molecule has 5 aromatic rings. The van der Waals surface area contributed by atoms with E-state index in [2.05, 4.69) is 42.6 Å². The molecule has 8 heteroatoms. The maximum atomic E-state index is 4.86. The van der Waals surface area contributed by atoms with Crippen molar-refractivity contribution in [2.24, 2.45) is 7.05 Å². The maximum absolute atomic E-state index is 4.86. The first kappa shape index (κ1) is 18.0. The van der Waals surface area contributed by atoms with E-state index in [4.69, 9.17) is 4.98 Å². The largest absolute Gasteiger partial charge is 0.278 e. The molecular weight excluding hydrogens is 388 g/mol. The number of fused-ring (bicyclic) bond motifs is 1. The van der Waals surface area contributed by atoms with Gasteiger partial charge in [-0.05, 0) is 42.9 Å². The first-order chi connectivity index (χ1) is 15.2. The van der Waals surface area contributed by atoms with Crippen molar-refractivity contribution in [2.45, 2.75) is 32.1 Å². The molecule has 154 valence electrons. The number of rotatable bonds is 5. The van der Waals surface area contributed by atoms with Crippen molar-refractivity contribution in [3.05, 3.63) is 65.4 Å². The van der Waals surface area contributed by atoms with E-state index in [1.54, 1.807) is 0 Å². The van der Waals surface area contributed by atoms with E-state index < -0.39 is 0 Å². The van der Waals surface area contributed by atoms with Gasteiger partial charge in [0.2, 0.25) is 0 Å². The standard InChI is InChI=1S/C23H22N8/c1-13-25-22(29-27-13)15-5-7-16(8-6-15)23-26-20(31(2)30-23)11-17-9-10-19-18(12-24-28-19)21(17)14-3-4-14/h5-10,12,14H,3-4,11H2,1-2H3,(H,24,28)(H,25,27,29). The highest BCUT2D eigenvalue weighted by Gasteiger charge is 2.29. The summed E-state index contributed by atoms with van der Waals surface area (Å²) >= 11 is 0. The molecule has 0 amide bonds. The molecule has 1 aliphatic rings. The number of hydrogen-bond acceptors (Lipinski definition) is 5. The zero-order chi connectivity index (χ0) is 20.9. The van der Waals surface area contributed by atoms with Gasteiger partial charge in [0, 0.05) is 30.0 Å². The molecule has 0 saturated heterocycles. The van der Waals surface area contributed by atoms with Gasteiger partial charge in [0.25, 0.3) is 0 Å². The Kier molecular flexibility index (Phi) is 3.99. The molecule has 3 aromatic heterocycles. The summed E-state index contributed by atoms with van der Waals surface area (Å²) in [5.74, 6) is 3.81. The van der Waals surface area contributed by atoms with Crippen LogP contribution in [0.5, 0.6) is 0 Å². The van der Waals surface area contributed by atoms with Gasteiger partial charge in [-0.2, -0.15) is 15.3 Å². The van der Waals surface area contributed by atoms with Crippen LogP contribution in [-0.4, -0.2) is 40.1 Å². The number of aromatic nitrogens is 8. The molecule has 31 heavy (non-hydrogen) atoms. The molecule has 6 rings (SSSR count). The van der Waals surface area contributed by atoms with Crippen LogP contribution in [0.1, 0.15) is 41.5 Å². The van der Waals surface area contributed by atoms with Crippen molar-refractivity contribution in [1.29, 1.82) is 0 Å². The van der Waals surface area contributed by atoms with Gasteiger partial charge >= 0.3 is 0 Å². The average Bonchev–Trinajstić information content (AvgIpc) is 3.15. The van der Waals surface area contributed by atoms with Crippen LogP contribution in [0.2, 0.25) is 0 Å². The molecular formula is C23H22N8. The second-order valence-electron chi connectivity index (χ2n) is 8.22. The third kappa shape index (κ3) is 3.20. The predicted octanol–water partition coefficient (Wildman–Crippen LogP) is 3.92. The Bertz CT molecular complexity index is 1390. The fourth-order valence-corrected chi connectivity index (χ4v) is 4.20. The summed E-state index contributed by atoms with van der Waals surface area (Å²) in [5.41, 5.74) is 5.78. The molecule has 8 nitrogen and oxygen atoms in total. The number of nitrogens with zero attached hydrogens (tertiary/aromatic N) is 6. The number of H-pyrrole nitrogens is 2. The molecule has 1 aliphatic carbocycles. The molecule has 0 bridgehead atoms. The predicted molar refractivity (Wildman–Crippen MR) is 117 cm³/mol. The Hall–Kier alpha value is -3.81. The maximum Gasteiger partial charge on any atom is 0.181 e. The molecule has 0 unspecified atom stereocenters. The van der Waals surface area contributed by atoms with Crippen molar-refractivity contribution in [3.8, 4) is 22.8 Å². The highest BCUT2D eigenvalue weighted by Crippen LogP contribution is 2.45. The van der Waals surface area contributed by atoms with Crippen LogP contribution in [0.3, 0.4) is 0 Å².